The Bertz CT molecular complexity index is 807. The average Bonchev–Trinajstić information content (AvgIpc) is 3.33. The molecule has 5 nitrogen and oxygen atoms in total. The lowest BCUT2D eigenvalue weighted by Crippen LogP contribution is -2.20. The molecule has 0 aliphatic rings. The molecule has 0 unspecified atom stereocenters. The SMILES string of the molecule is CNC(=O)c1cccc(NC(=O)C[C@@H](c2ccsc2)n2cccc2)c1. The van der Waals surface area contributed by atoms with Gasteiger partial charge in [0.25, 0.3) is 5.91 Å². The van der Waals surface area contributed by atoms with Crippen molar-refractivity contribution in [1.29, 1.82) is 0 Å². The lowest BCUT2D eigenvalue weighted by molar-refractivity contribution is -0.116. The number of rotatable bonds is 6. The zero-order chi connectivity index (χ0) is 17.6. The van der Waals surface area contributed by atoms with Crippen LogP contribution in [0, 0.1) is 0 Å². The number of thiophene rings is 1. The quantitative estimate of drug-likeness (QED) is 0.712. The number of anilines is 1. The molecule has 128 valence electrons. The zero-order valence-corrected chi connectivity index (χ0v) is 14.6. The van der Waals surface area contributed by atoms with Crippen LogP contribution in [0.25, 0.3) is 0 Å². The summed E-state index contributed by atoms with van der Waals surface area (Å²) < 4.78 is 2.03. The summed E-state index contributed by atoms with van der Waals surface area (Å²) >= 11 is 1.61. The van der Waals surface area contributed by atoms with E-state index in [0.29, 0.717) is 17.7 Å². The Morgan fingerprint density at radius 2 is 1.96 bits per heavy atom. The van der Waals surface area contributed by atoms with E-state index in [0.717, 1.165) is 5.56 Å². The van der Waals surface area contributed by atoms with Crippen molar-refractivity contribution >= 4 is 28.8 Å². The molecule has 2 N–H and O–H groups in total. The molecule has 0 spiro atoms. The largest absolute Gasteiger partial charge is 0.355 e. The molecule has 0 radical (unpaired) electrons. The van der Waals surface area contributed by atoms with E-state index in [9.17, 15) is 9.59 Å². The molecule has 1 aromatic carbocycles. The first-order chi connectivity index (χ1) is 12.2. The van der Waals surface area contributed by atoms with Crippen LogP contribution in [-0.2, 0) is 4.79 Å². The summed E-state index contributed by atoms with van der Waals surface area (Å²) in [4.78, 5) is 24.3. The molecule has 2 amide bonds. The van der Waals surface area contributed by atoms with Crippen molar-refractivity contribution in [2.24, 2.45) is 0 Å². The maximum atomic E-state index is 12.5. The van der Waals surface area contributed by atoms with Gasteiger partial charge in [0.15, 0.2) is 0 Å². The van der Waals surface area contributed by atoms with E-state index in [-0.39, 0.29) is 17.9 Å². The highest BCUT2D eigenvalue weighted by Crippen LogP contribution is 2.25. The van der Waals surface area contributed by atoms with E-state index >= 15 is 0 Å². The number of hydrogen-bond donors (Lipinski definition) is 2. The van der Waals surface area contributed by atoms with Crippen molar-refractivity contribution in [2.45, 2.75) is 12.5 Å². The smallest absolute Gasteiger partial charge is 0.251 e. The van der Waals surface area contributed by atoms with Crippen LogP contribution >= 0.6 is 11.3 Å². The van der Waals surface area contributed by atoms with Crippen molar-refractivity contribution in [2.75, 3.05) is 12.4 Å². The second kappa shape index (κ2) is 7.81. The Labute approximate surface area is 150 Å². The lowest BCUT2D eigenvalue weighted by Gasteiger charge is -2.18. The van der Waals surface area contributed by atoms with Crippen LogP contribution in [0.4, 0.5) is 5.69 Å². The van der Waals surface area contributed by atoms with Crippen molar-refractivity contribution in [3.8, 4) is 0 Å². The number of carbonyl (C=O) groups excluding carboxylic acids is 2. The van der Waals surface area contributed by atoms with E-state index in [1.807, 2.05) is 40.5 Å². The average molecular weight is 353 g/mol. The molecule has 25 heavy (non-hydrogen) atoms. The fourth-order valence-corrected chi connectivity index (χ4v) is 3.39. The predicted octanol–water partition coefficient (Wildman–Crippen LogP) is 3.53. The number of aromatic nitrogens is 1. The Kier molecular flexibility index (Phi) is 5.30. The van der Waals surface area contributed by atoms with E-state index in [4.69, 9.17) is 0 Å². The third kappa shape index (κ3) is 4.16. The van der Waals surface area contributed by atoms with Gasteiger partial charge in [-0.05, 0) is 52.7 Å². The van der Waals surface area contributed by atoms with Crippen molar-refractivity contribution in [3.63, 3.8) is 0 Å². The van der Waals surface area contributed by atoms with Crippen molar-refractivity contribution in [3.05, 3.63) is 76.7 Å². The Hall–Kier alpha value is -2.86. The number of benzene rings is 1. The second-order valence-corrected chi connectivity index (χ2v) is 6.39. The first-order valence-electron chi connectivity index (χ1n) is 7.94. The Morgan fingerprint density at radius 3 is 2.64 bits per heavy atom. The normalized spacial score (nSPS) is 11.7. The third-order valence-electron chi connectivity index (χ3n) is 3.93. The van der Waals surface area contributed by atoms with Gasteiger partial charge in [-0.25, -0.2) is 0 Å². The van der Waals surface area contributed by atoms with Crippen molar-refractivity contribution < 1.29 is 9.59 Å². The molecule has 0 saturated carbocycles. The number of nitrogens with zero attached hydrogens (tertiary/aromatic N) is 1. The molecule has 0 saturated heterocycles. The molecule has 0 bridgehead atoms. The first kappa shape index (κ1) is 17.0. The maximum Gasteiger partial charge on any atom is 0.251 e. The summed E-state index contributed by atoms with van der Waals surface area (Å²) in [5.41, 5.74) is 2.23. The van der Waals surface area contributed by atoms with Gasteiger partial charge in [0, 0.05) is 30.7 Å². The summed E-state index contributed by atoms with van der Waals surface area (Å²) in [7, 11) is 1.58. The third-order valence-corrected chi connectivity index (χ3v) is 4.63. The fraction of sp³-hybridized carbons (Fsp3) is 0.158. The van der Waals surface area contributed by atoms with E-state index in [1.165, 1.54) is 0 Å². The molecule has 2 aromatic heterocycles. The van der Waals surface area contributed by atoms with Gasteiger partial charge in [-0.1, -0.05) is 6.07 Å². The van der Waals surface area contributed by atoms with Gasteiger partial charge in [0.1, 0.15) is 0 Å². The van der Waals surface area contributed by atoms with Crippen LogP contribution in [0.5, 0.6) is 0 Å². The van der Waals surface area contributed by atoms with Crippen LogP contribution < -0.4 is 10.6 Å². The fourth-order valence-electron chi connectivity index (χ4n) is 2.69. The minimum absolute atomic E-state index is 0.0524. The summed E-state index contributed by atoms with van der Waals surface area (Å²) in [5, 5.41) is 9.53. The topological polar surface area (TPSA) is 63.1 Å². The number of nitrogens with one attached hydrogen (secondary N) is 2. The van der Waals surface area contributed by atoms with E-state index < -0.39 is 0 Å². The van der Waals surface area contributed by atoms with Crippen LogP contribution in [0.2, 0.25) is 0 Å². The van der Waals surface area contributed by atoms with E-state index in [2.05, 4.69) is 16.0 Å². The van der Waals surface area contributed by atoms with Crippen molar-refractivity contribution in [1.82, 2.24) is 9.88 Å². The van der Waals surface area contributed by atoms with Crippen LogP contribution in [0.3, 0.4) is 0 Å². The molecule has 3 aromatic rings. The second-order valence-electron chi connectivity index (χ2n) is 5.61. The Morgan fingerprint density at radius 1 is 1.16 bits per heavy atom. The number of carbonyl (C=O) groups is 2. The van der Waals surface area contributed by atoms with Gasteiger partial charge in [-0.2, -0.15) is 11.3 Å². The molecule has 0 aliphatic carbocycles. The minimum Gasteiger partial charge on any atom is -0.355 e. The molecular weight excluding hydrogens is 334 g/mol. The maximum absolute atomic E-state index is 12.5. The van der Waals surface area contributed by atoms with Gasteiger partial charge >= 0.3 is 0 Å². The van der Waals surface area contributed by atoms with Gasteiger partial charge in [-0.15, -0.1) is 0 Å². The molecule has 0 fully saturated rings. The standard InChI is InChI=1S/C19H19N3O2S/c1-20-19(24)14-5-4-6-16(11-14)21-18(23)12-17(15-7-10-25-13-15)22-8-2-3-9-22/h2-11,13,17H,12H2,1H3,(H,20,24)(H,21,23)/t17-/m0/s1. The first-order valence-corrected chi connectivity index (χ1v) is 8.88. The number of amides is 2. The van der Waals surface area contributed by atoms with Gasteiger partial charge in [-0.3, -0.25) is 9.59 Å². The molecule has 0 aliphatic heterocycles. The van der Waals surface area contributed by atoms with Gasteiger partial charge in [0.05, 0.1) is 12.5 Å². The molecule has 6 heteroatoms. The highest BCUT2D eigenvalue weighted by molar-refractivity contribution is 7.08. The highest BCUT2D eigenvalue weighted by atomic mass is 32.1. The highest BCUT2D eigenvalue weighted by Gasteiger charge is 2.18. The van der Waals surface area contributed by atoms with E-state index in [1.54, 1.807) is 42.6 Å². The summed E-state index contributed by atoms with van der Waals surface area (Å²) in [5.74, 6) is -0.279. The number of hydrogen-bond acceptors (Lipinski definition) is 3. The molecule has 1 atom stereocenters. The predicted molar refractivity (Wildman–Crippen MR) is 100.0 cm³/mol. The summed E-state index contributed by atoms with van der Waals surface area (Å²) in [6.45, 7) is 0. The summed E-state index contributed by atoms with van der Waals surface area (Å²) in [6, 6.07) is 12.8. The summed E-state index contributed by atoms with van der Waals surface area (Å²) in [6.07, 6.45) is 4.24. The van der Waals surface area contributed by atoms with Crippen LogP contribution in [0.1, 0.15) is 28.4 Å². The van der Waals surface area contributed by atoms with Gasteiger partial charge in [0.2, 0.25) is 5.91 Å². The molecular formula is C19H19N3O2S. The minimum atomic E-state index is -0.181. The lowest BCUT2D eigenvalue weighted by atomic mass is 10.1. The monoisotopic (exact) mass is 353 g/mol. The van der Waals surface area contributed by atoms with Crippen LogP contribution in [0.15, 0.2) is 65.6 Å². The van der Waals surface area contributed by atoms with Gasteiger partial charge < -0.3 is 15.2 Å². The zero-order valence-electron chi connectivity index (χ0n) is 13.8. The Balaban J connectivity index is 1.73. The van der Waals surface area contributed by atoms with Crippen LogP contribution in [-0.4, -0.2) is 23.4 Å². The molecule has 2 heterocycles. The molecule has 3 rings (SSSR count).